The molecule has 0 unspecified atom stereocenters. The average molecular weight is 207 g/mol. The second kappa shape index (κ2) is 26.4. The Labute approximate surface area is 65.2 Å². The molecule has 49 valence electrons. The van der Waals surface area contributed by atoms with Gasteiger partial charge < -0.3 is 17.7 Å². The first-order valence-corrected chi connectivity index (χ1v) is 4.69. The van der Waals surface area contributed by atoms with E-state index in [0.717, 1.165) is 0 Å². The standard InChI is InChI=1S/C2H7N.3ClH.Mn/c1-3-2;;;;/h3H,1-2H3;3*1H;/q;;;;+2/p-2. The summed E-state index contributed by atoms with van der Waals surface area (Å²) in [5.41, 5.74) is 0. The minimum atomic E-state index is 0. The van der Waals surface area contributed by atoms with E-state index in [1.807, 2.05) is 19.4 Å². The fourth-order valence-corrected chi connectivity index (χ4v) is 0. The number of hydrogen-bond donors (Lipinski definition) is 1. The number of rotatable bonds is 0. The predicted octanol–water partition coefficient (Wildman–Crippen LogP) is -2.81. The van der Waals surface area contributed by atoms with Gasteiger partial charge in [-0.3, -0.25) is 0 Å². The van der Waals surface area contributed by atoms with Gasteiger partial charge in [0, 0.05) is 0 Å². The fourth-order valence-electron chi connectivity index (χ4n) is 0. The summed E-state index contributed by atoms with van der Waals surface area (Å²) in [5.74, 6) is 0. The molecule has 0 aromatic rings. The first-order chi connectivity index (χ1) is 2.83. The second-order valence-electron chi connectivity index (χ2n) is 0.631. The topological polar surface area (TPSA) is 16.6 Å². The van der Waals surface area contributed by atoms with Gasteiger partial charge in [0.2, 0.25) is 0 Å². The first kappa shape index (κ1) is 15.8. The van der Waals surface area contributed by atoms with Crippen LogP contribution in [-0.4, -0.2) is 14.1 Å². The summed E-state index contributed by atoms with van der Waals surface area (Å²) in [6.45, 7) is 0. The van der Waals surface area contributed by atoms with Crippen molar-refractivity contribution in [2.45, 2.75) is 0 Å². The molecule has 0 spiro atoms. The minimum absolute atomic E-state index is 0. The third kappa shape index (κ3) is 115. The molecule has 0 amide bonds. The Hall–Kier alpha value is 1.35. The normalized spacial score (nSPS) is 5.14. The van der Waals surface area contributed by atoms with Crippen molar-refractivity contribution in [2.75, 3.05) is 14.1 Å². The summed E-state index contributed by atoms with van der Waals surface area (Å²) in [5, 5.41) is 2.00. The van der Waals surface area contributed by atoms with E-state index in [1.54, 1.807) is 0 Å². The van der Waals surface area contributed by atoms with Gasteiger partial charge in [0.15, 0.2) is 0 Å². The second-order valence-corrected chi connectivity index (χ2v) is 2.58. The van der Waals surface area contributed by atoms with Gasteiger partial charge >= 0.3 is 33.3 Å². The number of hydrogen-bond acceptors (Lipinski definition) is 0. The molecule has 2 N–H and O–H groups in total. The molecule has 0 heterocycles. The molecule has 0 atom stereocenters. The maximum absolute atomic E-state index is 4.80. The molecular weight excluding hydrogens is 199 g/mol. The van der Waals surface area contributed by atoms with Gasteiger partial charge in [-0.1, -0.05) is 0 Å². The van der Waals surface area contributed by atoms with Crippen LogP contribution in [0, 0.1) is 0 Å². The molecule has 0 saturated carbocycles. The van der Waals surface area contributed by atoms with Crippen molar-refractivity contribution in [3.05, 3.63) is 0 Å². The summed E-state index contributed by atoms with van der Waals surface area (Å²) in [4.78, 5) is 0. The van der Waals surface area contributed by atoms with Gasteiger partial charge in [-0.05, 0) is 0 Å². The third-order valence-corrected chi connectivity index (χ3v) is 0. The molecule has 0 aliphatic heterocycles. The van der Waals surface area contributed by atoms with Crippen molar-refractivity contribution in [3.63, 3.8) is 0 Å². The van der Waals surface area contributed by atoms with Crippen molar-refractivity contribution in [1.29, 1.82) is 0 Å². The van der Waals surface area contributed by atoms with Gasteiger partial charge in [0.1, 0.15) is 0 Å². The van der Waals surface area contributed by atoms with Crippen LogP contribution in [0.5, 0.6) is 0 Å². The van der Waals surface area contributed by atoms with Gasteiger partial charge in [0.25, 0.3) is 0 Å². The van der Waals surface area contributed by atoms with Crippen molar-refractivity contribution in [2.24, 2.45) is 0 Å². The molecule has 0 fully saturated rings. The molecule has 0 saturated heterocycles. The number of halogens is 3. The fraction of sp³-hybridized carbons (Fsp3) is 1.00. The summed E-state index contributed by atoms with van der Waals surface area (Å²) < 4.78 is 0. The van der Waals surface area contributed by atoms with Crippen molar-refractivity contribution in [1.82, 2.24) is 0 Å². The van der Waals surface area contributed by atoms with E-state index in [2.05, 4.69) is 0 Å². The first-order valence-electron chi connectivity index (χ1n) is 1.44. The molecule has 0 aliphatic carbocycles. The van der Waals surface area contributed by atoms with Crippen LogP contribution in [0.3, 0.4) is 0 Å². The van der Waals surface area contributed by atoms with E-state index in [4.69, 9.17) is 20.2 Å². The molecular formula is C2H8Cl3MnN. The molecule has 0 aromatic heterocycles. The third-order valence-electron chi connectivity index (χ3n) is 0. The van der Waals surface area contributed by atoms with Crippen LogP contribution >= 0.6 is 20.2 Å². The van der Waals surface area contributed by atoms with Crippen molar-refractivity contribution in [3.8, 4) is 0 Å². The van der Waals surface area contributed by atoms with Crippen LogP contribution in [0.2, 0.25) is 0 Å². The van der Waals surface area contributed by atoms with E-state index < -0.39 is 0 Å². The van der Waals surface area contributed by atoms with Gasteiger partial charge in [-0.2, -0.15) is 0 Å². The van der Waals surface area contributed by atoms with Crippen LogP contribution in [0.1, 0.15) is 0 Å². The van der Waals surface area contributed by atoms with Gasteiger partial charge in [-0.15, -0.1) is 0 Å². The number of quaternary nitrogens is 1. The van der Waals surface area contributed by atoms with Crippen LogP contribution < -0.4 is 17.7 Å². The van der Waals surface area contributed by atoms with Gasteiger partial charge in [-0.25, -0.2) is 0 Å². The summed E-state index contributed by atoms with van der Waals surface area (Å²) >= 11 is 0.00694. The molecule has 0 bridgehead atoms. The molecule has 0 aromatic carbocycles. The van der Waals surface area contributed by atoms with E-state index in [-0.39, 0.29) is 25.5 Å². The van der Waals surface area contributed by atoms with Crippen molar-refractivity contribution >= 4 is 20.2 Å². The average Bonchev–Trinajstić information content (AvgIpc) is 1.39. The molecule has 0 radical (unpaired) electrons. The molecule has 0 aliphatic rings. The van der Waals surface area contributed by atoms with E-state index in [9.17, 15) is 0 Å². The SMILES string of the molecule is C[NH2+]C.[Cl-].[Cl][Mn][Cl]. The monoisotopic (exact) mass is 206 g/mol. The summed E-state index contributed by atoms with van der Waals surface area (Å²) in [7, 11) is 13.6. The summed E-state index contributed by atoms with van der Waals surface area (Å²) in [6.07, 6.45) is 0. The Bertz CT molecular complexity index is 14.9. The van der Waals surface area contributed by atoms with Gasteiger partial charge in [0.05, 0.1) is 14.1 Å². The molecule has 1 nitrogen and oxygen atoms in total. The Kier molecular flexibility index (Phi) is 59.5. The molecule has 5 heteroatoms. The van der Waals surface area contributed by atoms with Crippen LogP contribution in [-0.2, 0) is 13.1 Å². The Morgan fingerprint density at radius 1 is 1.29 bits per heavy atom. The zero-order valence-electron chi connectivity index (χ0n) is 4.09. The van der Waals surface area contributed by atoms with E-state index >= 15 is 0 Å². The van der Waals surface area contributed by atoms with Crippen LogP contribution in [0.25, 0.3) is 0 Å². The summed E-state index contributed by atoms with van der Waals surface area (Å²) in [6, 6.07) is 0. The zero-order chi connectivity index (χ0) is 5.41. The Balaban J connectivity index is -0.0000000400. The Morgan fingerprint density at radius 3 is 1.29 bits per heavy atom. The van der Waals surface area contributed by atoms with E-state index in [0.29, 0.717) is 0 Å². The number of nitrogens with two attached hydrogens (primary N) is 1. The van der Waals surface area contributed by atoms with E-state index in [1.165, 1.54) is 0 Å². The van der Waals surface area contributed by atoms with Crippen LogP contribution in [0.4, 0.5) is 0 Å². The van der Waals surface area contributed by atoms with Crippen LogP contribution in [0.15, 0.2) is 0 Å². The maximum atomic E-state index is 4.80. The molecule has 0 rings (SSSR count). The quantitative estimate of drug-likeness (QED) is 0.413. The predicted molar refractivity (Wildman–Crippen MR) is 25.5 cm³/mol. The van der Waals surface area contributed by atoms with Crippen molar-refractivity contribution < 1.29 is 30.9 Å². The molecule has 7 heavy (non-hydrogen) atoms. The Morgan fingerprint density at radius 2 is 1.29 bits per heavy atom. The zero-order valence-corrected chi connectivity index (χ0v) is 7.54.